The zero-order chi connectivity index (χ0) is 18.8. The number of aromatic nitrogens is 3. The fraction of sp³-hybridized carbons (Fsp3) is 0.158. The molecule has 3 heterocycles. The lowest BCUT2D eigenvalue weighted by atomic mass is 10.2. The summed E-state index contributed by atoms with van der Waals surface area (Å²) < 4.78 is 5.44. The van der Waals surface area contributed by atoms with E-state index in [0.29, 0.717) is 22.4 Å². The normalized spacial score (nSPS) is 12.2. The summed E-state index contributed by atoms with van der Waals surface area (Å²) in [6, 6.07) is 9.04. The number of esters is 1. The number of hydrogen-bond donors (Lipinski definition) is 1. The van der Waals surface area contributed by atoms with E-state index in [0.717, 1.165) is 10.6 Å². The molecule has 1 atom stereocenters. The molecule has 27 heavy (non-hydrogen) atoms. The van der Waals surface area contributed by atoms with E-state index in [1.54, 1.807) is 36.5 Å². The molecule has 8 heteroatoms. The molecule has 0 saturated heterocycles. The molecule has 6 nitrogen and oxygen atoms in total. The first-order valence-corrected chi connectivity index (χ1v) is 10.1. The van der Waals surface area contributed by atoms with Crippen LogP contribution in [0.1, 0.15) is 24.5 Å². The fourth-order valence-corrected chi connectivity index (χ4v) is 4.18. The number of fused-ring (bicyclic) bond motifs is 1. The Kier molecular flexibility index (Phi) is 4.83. The van der Waals surface area contributed by atoms with E-state index in [1.807, 2.05) is 28.3 Å². The average Bonchev–Trinajstić information content (AvgIpc) is 3.33. The summed E-state index contributed by atoms with van der Waals surface area (Å²) >= 11 is 3.10. The van der Waals surface area contributed by atoms with Crippen LogP contribution in [0, 0.1) is 0 Å². The van der Waals surface area contributed by atoms with Gasteiger partial charge < -0.3 is 9.72 Å². The Morgan fingerprint density at radius 1 is 1.22 bits per heavy atom. The van der Waals surface area contributed by atoms with Crippen LogP contribution in [0.15, 0.2) is 51.3 Å². The van der Waals surface area contributed by atoms with Crippen LogP contribution in [0.5, 0.6) is 0 Å². The first-order valence-electron chi connectivity index (χ1n) is 8.25. The summed E-state index contributed by atoms with van der Waals surface area (Å²) in [5, 5.41) is 7.25. The number of carbonyl (C=O) groups excluding carboxylic acids is 1. The van der Waals surface area contributed by atoms with Crippen molar-refractivity contribution in [2.24, 2.45) is 0 Å². The number of H-pyrrole nitrogens is 1. The van der Waals surface area contributed by atoms with Crippen molar-refractivity contribution >= 4 is 39.5 Å². The third-order valence-electron chi connectivity index (χ3n) is 3.97. The molecule has 0 aliphatic carbocycles. The summed E-state index contributed by atoms with van der Waals surface area (Å²) in [6.45, 7) is 1.68. The molecular weight excluding hydrogens is 382 g/mol. The summed E-state index contributed by atoms with van der Waals surface area (Å²) in [6.07, 6.45) is -0.590. The van der Waals surface area contributed by atoms with Gasteiger partial charge >= 0.3 is 5.97 Å². The number of hydrogen-bond acceptors (Lipinski definition) is 7. The molecule has 0 radical (unpaired) electrons. The van der Waals surface area contributed by atoms with E-state index >= 15 is 0 Å². The van der Waals surface area contributed by atoms with Gasteiger partial charge in [0.1, 0.15) is 5.01 Å². The van der Waals surface area contributed by atoms with Gasteiger partial charge in [-0.25, -0.2) is 9.97 Å². The quantitative estimate of drug-likeness (QED) is 0.515. The predicted octanol–water partition coefficient (Wildman–Crippen LogP) is 3.96. The molecule has 0 fully saturated rings. The molecule has 4 rings (SSSR count). The Morgan fingerprint density at radius 2 is 2.07 bits per heavy atom. The summed E-state index contributed by atoms with van der Waals surface area (Å²) in [5.41, 5.74) is 2.03. The lowest BCUT2D eigenvalue weighted by molar-refractivity contribution is -0.148. The molecule has 0 spiro atoms. The molecular formula is C19H15N3O3S2. The molecule has 0 saturated carbocycles. The van der Waals surface area contributed by atoms with E-state index in [4.69, 9.17) is 4.74 Å². The molecule has 0 unspecified atom stereocenters. The number of nitrogens with zero attached hydrogens (tertiary/aromatic N) is 2. The van der Waals surface area contributed by atoms with Gasteiger partial charge in [0.25, 0.3) is 5.56 Å². The van der Waals surface area contributed by atoms with Crippen molar-refractivity contribution in [1.29, 1.82) is 0 Å². The number of thiazole rings is 1. The van der Waals surface area contributed by atoms with Gasteiger partial charge in [0.2, 0.25) is 0 Å². The van der Waals surface area contributed by atoms with Crippen molar-refractivity contribution in [2.45, 2.75) is 19.4 Å². The zero-order valence-electron chi connectivity index (χ0n) is 14.3. The Morgan fingerprint density at radius 3 is 2.89 bits per heavy atom. The highest BCUT2D eigenvalue weighted by Gasteiger charge is 2.17. The fourth-order valence-electron chi connectivity index (χ4n) is 2.65. The minimum atomic E-state index is -0.662. The van der Waals surface area contributed by atoms with E-state index < -0.39 is 12.1 Å². The second-order valence-electron chi connectivity index (χ2n) is 5.93. The molecule has 4 aromatic rings. The van der Waals surface area contributed by atoms with E-state index in [2.05, 4.69) is 15.0 Å². The van der Waals surface area contributed by atoms with Gasteiger partial charge in [0, 0.05) is 16.3 Å². The molecule has 3 aromatic heterocycles. The van der Waals surface area contributed by atoms with E-state index in [9.17, 15) is 9.59 Å². The number of para-hydroxylation sites is 1. The number of aromatic amines is 1. The van der Waals surface area contributed by atoms with Crippen LogP contribution in [-0.4, -0.2) is 20.9 Å². The molecule has 136 valence electrons. The Balaban J connectivity index is 1.46. The van der Waals surface area contributed by atoms with E-state index in [1.165, 1.54) is 11.3 Å². The van der Waals surface area contributed by atoms with Crippen molar-refractivity contribution in [3.63, 3.8) is 0 Å². The maximum Gasteiger partial charge on any atom is 0.312 e. The maximum atomic E-state index is 12.3. The molecule has 0 bridgehead atoms. The van der Waals surface area contributed by atoms with Crippen molar-refractivity contribution in [3.8, 4) is 10.6 Å². The Labute approximate surface area is 162 Å². The number of benzene rings is 1. The highest BCUT2D eigenvalue weighted by molar-refractivity contribution is 7.14. The summed E-state index contributed by atoms with van der Waals surface area (Å²) in [5.74, 6) is -0.0928. The van der Waals surface area contributed by atoms with Gasteiger partial charge in [-0.1, -0.05) is 12.1 Å². The second kappa shape index (κ2) is 7.42. The van der Waals surface area contributed by atoms with Crippen LogP contribution >= 0.6 is 22.7 Å². The Hall–Kier alpha value is -2.84. The zero-order valence-corrected chi connectivity index (χ0v) is 16.0. The van der Waals surface area contributed by atoms with Gasteiger partial charge in [0.15, 0.2) is 11.9 Å². The summed E-state index contributed by atoms with van der Waals surface area (Å²) in [4.78, 5) is 36.0. The average molecular weight is 397 g/mol. The first-order chi connectivity index (χ1) is 13.1. The maximum absolute atomic E-state index is 12.3. The number of rotatable bonds is 5. The number of nitrogens with one attached hydrogen (secondary N) is 1. The molecule has 1 aromatic carbocycles. The van der Waals surface area contributed by atoms with Crippen LogP contribution < -0.4 is 5.56 Å². The number of thiophene rings is 1. The largest absolute Gasteiger partial charge is 0.454 e. The first kappa shape index (κ1) is 17.6. The van der Waals surface area contributed by atoms with Crippen LogP contribution in [0.2, 0.25) is 0 Å². The lowest BCUT2D eigenvalue weighted by Crippen LogP contribution is -2.18. The van der Waals surface area contributed by atoms with Gasteiger partial charge in [-0.15, -0.1) is 11.3 Å². The molecule has 0 amide bonds. The lowest BCUT2D eigenvalue weighted by Gasteiger charge is -2.12. The highest BCUT2D eigenvalue weighted by atomic mass is 32.1. The van der Waals surface area contributed by atoms with Crippen molar-refractivity contribution in [2.75, 3.05) is 0 Å². The van der Waals surface area contributed by atoms with Crippen LogP contribution in [0.25, 0.3) is 21.5 Å². The minimum Gasteiger partial charge on any atom is -0.454 e. The molecule has 0 aliphatic heterocycles. The summed E-state index contributed by atoms with van der Waals surface area (Å²) in [7, 11) is 0. The second-order valence-corrected chi connectivity index (χ2v) is 7.57. The van der Waals surface area contributed by atoms with Gasteiger partial charge in [-0.2, -0.15) is 11.3 Å². The highest BCUT2D eigenvalue weighted by Crippen LogP contribution is 2.26. The molecule has 1 N–H and O–H groups in total. The third kappa shape index (κ3) is 3.81. The third-order valence-corrected chi connectivity index (χ3v) is 5.59. The monoisotopic (exact) mass is 397 g/mol. The SMILES string of the molecule is C[C@@H](OC(=O)Cc1csc(-c2ccsc2)n1)c1nc2ccccc2c(=O)[nH]1. The minimum absolute atomic E-state index is 0.0722. The predicted molar refractivity (Wildman–Crippen MR) is 106 cm³/mol. The van der Waals surface area contributed by atoms with Crippen molar-refractivity contribution < 1.29 is 9.53 Å². The van der Waals surface area contributed by atoms with Crippen molar-refractivity contribution in [3.05, 3.63) is 68.3 Å². The Bertz CT molecular complexity index is 1150. The van der Waals surface area contributed by atoms with Crippen LogP contribution in [0.4, 0.5) is 0 Å². The van der Waals surface area contributed by atoms with Crippen LogP contribution in [0.3, 0.4) is 0 Å². The number of ether oxygens (including phenoxy) is 1. The van der Waals surface area contributed by atoms with Crippen LogP contribution in [-0.2, 0) is 16.0 Å². The molecule has 0 aliphatic rings. The smallest absolute Gasteiger partial charge is 0.312 e. The van der Waals surface area contributed by atoms with Gasteiger partial charge in [0.05, 0.1) is 23.0 Å². The van der Waals surface area contributed by atoms with Crippen molar-refractivity contribution in [1.82, 2.24) is 15.0 Å². The van der Waals surface area contributed by atoms with E-state index in [-0.39, 0.29) is 12.0 Å². The standard InChI is InChI=1S/C19H15N3O3S2/c1-11(17-21-15-5-3-2-4-14(15)18(24)22-17)25-16(23)8-13-10-27-19(20-13)12-6-7-26-9-12/h2-7,9-11H,8H2,1H3,(H,21,22,24)/t11-/m1/s1. The number of carbonyl (C=O) groups is 1. The van der Waals surface area contributed by atoms with Gasteiger partial charge in [-0.05, 0) is 30.5 Å². The van der Waals surface area contributed by atoms with Gasteiger partial charge in [-0.3, -0.25) is 9.59 Å². The topological polar surface area (TPSA) is 84.9 Å².